The molecule has 0 radical (unpaired) electrons. The number of esters is 1. The molecule has 0 N–H and O–H groups in total. The smallest absolute Gasteiger partial charge is 0.308 e. The van der Waals surface area contributed by atoms with E-state index < -0.39 is 0 Å². The minimum atomic E-state index is -0.330. The third kappa shape index (κ3) is 5.85. The van der Waals surface area contributed by atoms with Gasteiger partial charge >= 0.3 is 5.97 Å². The molecule has 4 rings (SSSR count). The van der Waals surface area contributed by atoms with Crippen LogP contribution in [-0.2, 0) is 20.7 Å². The third-order valence-electron chi connectivity index (χ3n) is 5.41. The number of nitrogens with zero attached hydrogens (tertiary/aromatic N) is 1. The monoisotopic (exact) mass is 479 g/mol. The summed E-state index contributed by atoms with van der Waals surface area (Å²) in [6.45, 7) is 7.00. The van der Waals surface area contributed by atoms with Crippen molar-refractivity contribution in [1.29, 1.82) is 0 Å². The Morgan fingerprint density at radius 3 is 2.62 bits per heavy atom. The standard InChI is InChI=1S/C27H29NO5S/c1-4-30-23(17-26(29)31-5-2)19-10-12-21(13-11-19)32-15-14-22-18(3)33-27(28-22)25-16-20-8-6-7-9-24(20)34-25/h6-13,16,23H,4-5,14-15,17H2,1-3H3. The lowest BCUT2D eigenvalue weighted by atomic mass is 10.1. The molecule has 1 atom stereocenters. The Kier molecular flexibility index (Phi) is 7.98. The minimum Gasteiger partial charge on any atom is -0.493 e. The summed E-state index contributed by atoms with van der Waals surface area (Å²) in [7, 11) is 0. The molecular formula is C27H29NO5S. The molecule has 0 saturated carbocycles. The van der Waals surface area contributed by atoms with E-state index in [9.17, 15) is 4.79 Å². The molecule has 0 fully saturated rings. The zero-order chi connectivity index (χ0) is 23.9. The van der Waals surface area contributed by atoms with Crippen molar-refractivity contribution >= 4 is 27.4 Å². The van der Waals surface area contributed by atoms with Crippen molar-refractivity contribution in [3.8, 4) is 16.5 Å². The Morgan fingerprint density at radius 1 is 1.09 bits per heavy atom. The molecule has 2 aromatic carbocycles. The first-order chi connectivity index (χ1) is 16.6. The largest absolute Gasteiger partial charge is 0.493 e. The SMILES string of the molecule is CCOC(=O)CC(OCC)c1ccc(OCCc2nc(-c3cc4ccccc4s3)oc2C)cc1. The maximum absolute atomic E-state index is 11.9. The van der Waals surface area contributed by atoms with Gasteiger partial charge in [-0.05, 0) is 56.0 Å². The van der Waals surface area contributed by atoms with Gasteiger partial charge in [0.25, 0.3) is 0 Å². The van der Waals surface area contributed by atoms with Crippen molar-refractivity contribution < 1.29 is 23.4 Å². The maximum Gasteiger partial charge on any atom is 0.308 e. The zero-order valence-electron chi connectivity index (χ0n) is 19.7. The number of hydrogen-bond acceptors (Lipinski definition) is 7. The quantitative estimate of drug-likeness (QED) is 0.228. The van der Waals surface area contributed by atoms with E-state index in [4.69, 9.17) is 23.6 Å². The van der Waals surface area contributed by atoms with Gasteiger partial charge in [0, 0.05) is 17.7 Å². The lowest BCUT2D eigenvalue weighted by Crippen LogP contribution is -2.13. The Balaban J connectivity index is 1.35. The minimum absolute atomic E-state index is 0.190. The number of carbonyl (C=O) groups excluding carboxylic acids is 1. The highest BCUT2D eigenvalue weighted by Gasteiger charge is 2.18. The van der Waals surface area contributed by atoms with Gasteiger partial charge in [0.2, 0.25) is 5.89 Å². The van der Waals surface area contributed by atoms with Gasteiger partial charge in [-0.15, -0.1) is 11.3 Å². The zero-order valence-corrected chi connectivity index (χ0v) is 20.5. The van der Waals surface area contributed by atoms with E-state index in [0.717, 1.165) is 27.6 Å². The summed E-state index contributed by atoms with van der Waals surface area (Å²) in [6.07, 6.45) is 0.505. The summed E-state index contributed by atoms with van der Waals surface area (Å²) in [5.74, 6) is 1.95. The Hall–Kier alpha value is -3.16. The highest BCUT2D eigenvalue weighted by atomic mass is 32.1. The highest BCUT2D eigenvalue weighted by molar-refractivity contribution is 7.22. The number of ether oxygens (including phenoxy) is 3. The van der Waals surface area contributed by atoms with E-state index in [2.05, 4.69) is 18.2 Å². The molecule has 0 saturated heterocycles. The lowest BCUT2D eigenvalue weighted by Gasteiger charge is -2.17. The van der Waals surface area contributed by atoms with Crippen molar-refractivity contribution in [1.82, 2.24) is 4.98 Å². The van der Waals surface area contributed by atoms with Crippen LogP contribution in [0, 0.1) is 6.92 Å². The van der Waals surface area contributed by atoms with Crippen LogP contribution in [0.1, 0.15) is 43.4 Å². The van der Waals surface area contributed by atoms with Crippen LogP contribution in [0.3, 0.4) is 0 Å². The van der Waals surface area contributed by atoms with E-state index in [-0.39, 0.29) is 18.5 Å². The molecule has 2 heterocycles. The van der Waals surface area contributed by atoms with Gasteiger partial charge in [-0.2, -0.15) is 0 Å². The van der Waals surface area contributed by atoms with Gasteiger partial charge < -0.3 is 18.6 Å². The molecule has 7 heteroatoms. The fourth-order valence-corrected chi connectivity index (χ4v) is 4.73. The number of thiophene rings is 1. The van der Waals surface area contributed by atoms with Crippen molar-refractivity contribution in [2.75, 3.05) is 19.8 Å². The van der Waals surface area contributed by atoms with E-state index >= 15 is 0 Å². The summed E-state index contributed by atoms with van der Waals surface area (Å²) in [6, 6.07) is 18.0. The second-order valence-electron chi connectivity index (χ2n) is 7.79. The molecule has 34 heavy (non-hydrogen) atoms. The Labute approximate surface area is 203 Å². The van der Waals surface area contributed by atoms with E-state index in [0.29, 0.717) is 32.1 Å². The van der Waals surface area contributed by atoms with Crippen LogP contribution < -0.4 is 4.74 Å². The van der Waals surface area contributed by atoms with Crippen LogP contribution in [0.4, 0.5) is 0 Å². The molecule has 0 spiro atoms. The third-order valence-corrected chi connectivity index (χ3v) is 6.52. The summed E-state index contributed by atoms with van der Waals surface area (Å²) in [4.78, 5) is 17.6. The van der Waals surface area contributed by atoms with Crippen LogP contribution in [-0.4, -0.2) is 30.8 Å². The second-order valence-corrected chi connectivity index (χ2v) is 8.87. The molecule has 0 amide bonds. The Morgan fingerprint density at radius 2 is 1.88 bits per heavy atom. The topological polar surface area (TPSA) is 70.8 Å². The van der Waals surface area contributed by atoms with Gasteiger partial charge in [-0.1, -0.05) is 30.3 Å². The summed E-state index contributed by atoms with van der Waals surface area (Å²) >= 11 is 1.68. The van der Waals surface area contributed by atoms with Crippen molar-refractivity contribution in [2.45, 2.75) is 39.7 Å². The highest BCUT2D eigenvalue weighted by Crippen LogP contribution is 2.34. The van der Waals surface area contributed by atoms with Crippen LogP contribution >= 0.6 is 11.3 Å². The first kappa shape index (κ1) is 24.0. The molecule has 1 unspecified atom stereocenters. The predicted octanol–water partition coefficient (Wildman–Crippen LogP) is 6.52. The van der Waals surface area contributed by atoms with Gasteiger partial charge in [-0.25, -0.2) is 4.98 Å². The summed E-state index contributed by atoms with van der Waals surface area (Å²) < 4.78 is 23.9. The molecule has 0 aliphatic carbocycles. The average Bonchev–Trinajstić information content (AvgIpc) is 3.43. The molecule has 6 nitrogen and oxygen atoms in total. The van der Waals surface area contributed by atoms with Crippen molar-refractivity contribution in [3.63, 3.8) is 0 Å². The van der Waals surface area contributed by atoms with Gasteiger partial charge in [-0.3, -0.25) is 4.79 Å². The molecule has 0 aliphatic heterocycles. The molecule has 178 valence electrons. The number of carbonyl (C=O) groups is 1. The van der Waals surface area contributed by atoms with Crippen molar-refractivity contribution in [2.24, 2.45) is 0 Å². The van der Waals surface area contributed by atoms with Crippen LogP contribution in [0.25, 0.3) is 20.9 Å². The number of rotatable bonds is 11. The first-order valence-electron chi connectivity index (χ1n) is 11.5. The molecule has 0 bridgehead atoms. The van der Waals surface area contributed by atoms with E-state index in [1.54, 1.807) is 18.3 Å². The number of benzene rings is 2. The average molecular weight is 480 g/mol. The number of aryl methyl sites for hydroxylation is 1. The predicted molar refractivity (Wildman–Crippen MR) is 133 cm³/mol. The van der Waals surface area contributed by atoms with Crippen LogP contribution in [0.5, 0.6) is 5.75 Å². The van der Waals surface area contributed by atoms with E-state index in [1.807, 2.05) is 50.2 Å². The number of fused-ring (bicyclic) bond motifs is 1. The first-order valence-corrected chi connectivity index (χ1v) is 12.3. The maximum atomic E-state index is 11.9. The number of hydrogen-bond donors (Lipinski definition) is 0. The molecule has 0 aliphatic rings. The second kappa shape index (κ2) is 11.3. The summed E-state index contributed by atoms with van der Waals surface area (Å²) in [5.41, 5.74) is 1.82. The Bertz CT molecular complexity index is 1190. The van der Waals surface area contributed by atoms with E-state index in [1.165, 1.54) is 10.1 Å². The molecular weight excluding hydrogens is 450 g/mol. The van der Waals surface area contributed by atoms with Gasteiger partial charge in [0.05, 0.1) is 36.3 Å². The lowest BCUT2D eigenvalue weighted by molar-refractivity contribution is -0.146. The molecule has 4 aromatic rings. The number of aromatic nitrogens is 1. The fourth-order valence-electron chi connectivity index (χ4n) is 3.74. The van der Waals surface area contributed by atoms with Gasteiger partial charge in [0.15, 0.2) is 0 Å². The fraction of sp³-hybridized carbons (Fsp3) is 0.333. The van der Waals surface area contributed by atoms with Gasteiger partial charge in [0.1, 0.15) is 11.5 Å². The summed E-state index contributed by atoms with van der Waals surface area (Å²) in [5, 5.41) is 1.19. The van der Waals surface area contributed by atoms with Crippen LogP contribution in [0.2, 0.25) is 0 Å². The molecule has 2 aromatic heterocycles. The normalized spacial score (nSPS) is 12.1. The van der Waals surface area contributed by atoms with Crippen molar-refractivity contribution in [3.05, 3.63) is 71.6 Å². The van der Waals surface area contributed by atoms with Crippen LogP contribution in [0.15, 0.2) is 59.0 Å². The number of oxazole rings is 1.